The molecule has 0 spiro atoms. The molecule has 9 heteroatoms. The fourth-order valence-corrected chi connectivity index (χ4v) is 5.40. The van der Waals surface area contributed by atoms with Crippen LogP contribution in [-0.2, 0) is 4.79 Å². The quantitative estimate of drug-likeness (QED) is 0.289. The normalized spacial score (nSPS) is 16.5. The Morgan fingerprint density at radius 1 is 1.03 bits per heavy atom. The molecule has 1 aliphatic rings. The lowest BCUT2D eigenvalue weighted by Crippen LogP contribution is -2.28. The van der Waals surface area contributed by atoms with E-state index >= 15 is 0 Å². The van der Waals surface area contributed by atoms with Crippen molar-refractivity contribution < 1.29 is 4.79 Å². The second-order valence-corrected chi connectivity index (χ2v) is 10.5. The zero-order valence-corrected chi connectivity index (χ0v) is 22.7. The Hall–Kier alpha value is -1.70. The van der Waals surface area contributed by atoms with E-state index in [2.05, 4.69) is 31.6 Å². The molecular weight excluding hydrogens is 565 g/mol. The number of hydrogen-bond acceptors (Lipinski definition) is 3. The number of aliphatic imine (C=N–C) groups is 1. The van der Waals surface area contributed by atoms with E-state index in [1.54, 1.807) is 17.0 Å². The van der Waals surface area contributed by atoms with Gasteiger partial charge >= 0.3 is 0 Å². The van der Waals surface area contributed by atoms with Crippen molar-refractivity contribution in [3.63, 3.8) is 0 Å². The molecule has 33 heavy (non-hydrogen) atoms. The first-order valence-electron chi connectivity index (χ1n) is 10.1. The van der Waals surface area contributed by atoms with E-state index in [9.17, 15) is 4.79 Å². The first-order chi connectivity index (χ1) is 15.7. The monoisotopic (exact) mass is 581 g/mol. The highest BCUT2D eigenvalue weighted by Gasteiger charge is 2.32. The minimum Gasteiger partial charge on any atom is -0.318 e. The summed E-state index contributed by atoms with van der Waals surface area (Å²) in [6.07, 6.45) is 1.92. The molecule has 0 saturated carbocycles. The topological polar surface area (TPSA) is 37.6 Å². The van der Waals surface area contributed by atoms with Crippen LogP contribution in [0.2, 0.25) is 15.1 Å². The second-order valence-electron chi connectivity index (χ2n) is 7.41. The average Bonchev–Trinajstić information content (AvgIpc) is 3.22. The van der Waals surface area contributed by atoms with E-state index in [4.69, 9.17) is 34.8 Å². The molecule has 3 aromatic rings. The molecule has 2 heterocycles. The van der Waals surface area contributed by atoms with Gasteiger partial charge in [-0.15, -0.1) is 0 Å². The van der Waals surface area contributed by atoms with Crippen molar-refractivity contribution in [2.24, 2.45) is 4.99 Å². The summed E-state index contributed by atoms with van der Waals surface area (Å²) in [7, 11) is 0. The van der Waals surface area contributed by atoms with Crippen molar-refractivity contribution in [1.29, 1.82) is 0 Å². The highest BCUT2D eigenvalue weighted by atomic mass is 79.9. The maximum atomic E-state index is 13.1. The minimum absolute atomic E-state index is 0.0659. The van der Waals surface area contributed by atoms with Crippen molar-refractivity contribution >= 4 is 85.3 Å². The Morgan fingerprint density at radius 3 is 2.45 bits per heavy atom. The van der Waals surface area contributed by atoms with Crippen LogP contribution in [-0.4, -0.2) is 27.1 Å². The number of halogens is 4. The summed E-state index contributed by atoms with van der Waals surface area (Å²) in [6.45, 7) is 6.49. The van der Waals surface area contributed by atoms with E-state index in [1.165, 1.54) is 11.8 Å². The number of aryl methyl sites for hydroxylation is 1. The maximum absolute atomic E-state index is 13.1. The first-order valence-corrected chi connectivity index (χ1v) is 12.8. The Kier molecular flexibility index (Phi) is 7.32. The average molecular weight is 584 g/mol. The molecular formula is C24H19BrCl3N3OS. The minimum atomic E-state index is -0.0659. The molecule has 1 aromatic heterocycles. The Morgan fingerprint density at radius 2 is 1.79 bits per heavy atom. The number of amides is 1. The fourth-order valence-electron chi connectivity index (χ4n) is 3.63. The molecule has 0 atom stereocenters. The molecule has 0 unspecified atom stereocenters. The lowest BCUT2D eigenvalue weighted by atomic mass is 10.2. The van der Waals surface area contributed by atoms with Crippen LogP contribution in [0.3, 0.4) is 0 Å². The lowest BCUT2D eigenvalue weighted by molar-refractivity contribution is -0.122. The third-order valence-electron chi connectivity index (χ3n) is 5.25. The fraction of sp³-hybridized carbons (Fsp3) is 0.167. The van der Waals surface area contributed by atoms with E-state index in [0.29, 0.717) is 37.4 Å². The molecule has 0 radical (unpaired) electrons. The van der Waals surface area contributed by atoms with Gasteiger partial charge in [-0.2, -0.15) is 0 Å². The number of amidine groups is 1. The predicted molar refractivity (Wildman–Crippen MR) is 144 cm³/mol. The summed E-state index contributed by atoms with van der Waals surface area (Å²) in [4.78, 5) is 20.1. The molecule has 0 bridgehead atoms. The summed E-state index contributed by atoms with van der Waals surface area (Å²) in [6, 6.07) is 13.1. The van der Waals surface area contributed by atoms with Crippen molar-refractivity contribution in [2.75, 3.05) is 6.54 Å². The predicted octanol–water partition coefficient (Wildman–Crippen LogP) is 8.44. The molecule has 0 N–H and O–H groups in total. The smallest absolute Gasteiger partial charge is 0.266 e. The standard InChI is InChI=1S/C24H19BrCl3N3OS/c1-4-30-23(32)22(33-24(30)29-16-5-7-18(25)20(27)11-16)10-15-9-13(2)31(14(15)3)17-6-8-19(26)21(28)12-17/h5-12H,4H2,1-3H3/b22-10-,29-24?. The van der Waals surface area contributed by atoms with Crippen LogP contribution < -0.4 is 0 Å². The van der Waals surface area contributed by atoms with E-state index in [1.807, 2.05) is 51.1 Å². The second kappa shape index (κ2) is 9.88. The molecule has 1 saturated heterocycles. The van der Waals surface area contributed by atoms with E-state index < -0.39 is 0 Å². The van der Waals surface area contributed by atoms with Gasteiger partial charge in [0.1, 0.15) is 0 Å². The Labute approximate surface area is 220 Å². The van der Waals surface area contributed by atoms with E-state index in [-0.39, 0.29) is 5.91 Å². The van der Waals surface area contributed by atoms with Gasteiger partial charge < -0.3 is 4.57 Å². The number of hydrogen-bond donors (Lipinski definition) is 0. The number of aromatic nitrogens is 1. The van der Waals surface area contributed by atoms with E-state index in [0.717, 1.165) is 27.1 Å². The molecule has 4 rings (SSSR count). The number of thioether (sulfide) groups is 1. The van der Waals surface area contributed by atoms with Crippen LogP contribution in [0.1, 0.15) is 23.9 Å². The van der Waals surface area contributed by atoms with Gasteiger partial charge in [0, 0.05) is 28.1 Å². The maximum Gasteiger partial charge on any atom is 0.266 e. The highest BCUT2D eigenvalue weighted by Crippen LogP contribution is 2.36. The van der Waals surface area contributed by atoms with Crippen molar-refractivity contribution in [2.45, 2.75) is 20.8 Å². The van der Waals surface area contributed by atoms with Crippen molar-refractivity contribution in [3.05, 3.63) is 83.9 Å². The highest BCUT2D eigenvalue weighted by molar-refractivity contribution is 9.10. The van der Waals surface area contributed by atoms with Crippen LogP contribution >= 0.6 is 62.5 Å². The van der Waals surface area contributed by atoms with Gasteiger partial charge in [-0.1, -0.05) is 34.8 Å². The SMILES string of the molecule is CCN1C(=O)/C(=C/c2cc(C)n(-c3ccc(Cl)c(Cl)c3)c2C)SC1=Nc1ccc(Br)c(Cl)c1. The van der Waals surface area contributed by atoms with Gasteiger partial charge in [0.05, 0.1) is 25.7 Å². The van der Waals surface area contributed by atoms with Crippen LogP contribution in [0.5, 0.6) is 0 Å². The molecule has 1 fully saturated rings. The largest absolute Gasteiger partial charge is 0.318 e. The van der Waals surface area contributed by atoms with Crippen LogP contribution in [0.15, 0.2) is 56.8 Å². The summed E-state index contributed by atoms with van der Waals surface area (Å²) in [5, 5.41) is 2.21. The summed E-state index contributed by atoms with van der Waals surface area (Å²) in [5.41, 5.74) is 4.59. The number of likely N-dealkylation sites (N-methyl/N-ethyl adjacent to an activating group) is 1. The number of benzene rings is 2. The van der Waals surface area contributed by atoms with Gasteiger partial charge in [-0.3, -0.25) is 9.69 Å². The Balaban J connectivity index is 1.70. The van der Waals surface area contributed by atoms with Crippen LogP contribution in [0.25, 0.3) is 11.8 Å². The summed E-state index contributed by atoms with van der Waals surface area (Å²) >= 11 is 23.3. The van der Waals surface area contributed by atoms with Crippen LogP contribution in [0.4, 0.5) is 5.69 Å². The summed E-state index contributed by atoms with van der Waals surface area (Å²) < 4.78 is 2.89. The van der Waals surface area contributed by atoms with Gasteiger partial charge in [-0.05, 0) is 103 Å². The molecule has 0 aliphatic carbocycles. The zero-order chi connectivity index (χ0) is 23.9. The third-order valence-corrected chi connectivity index (χ3v) is 8.23. The van der Waals surface area contributed by atoms with Gasteiger partial charge in [-0.25, -0.2) is 4.99 Å². The van der Waals surface area contributed by atoms with Crippen molar-refractivity contribution in [3.8, 4) is 5.69 Å². The summed E-state index contributed by atoms with van der Waals surface area (Å²) in [5.74, 6) is -0.0659. The zero-order valence-electron chi connectivity index (χ0n) is 18.0. The van der Waals surface area contributed by atoms with Gasteiger partial charge in [0.15, 0.2) is 5.17 Å². The molecule has 4 nitrogen and oxygen atoms in total. The number of nitrogens with zero attached hydrogens (tertiary/aromatic N) is 3. The first kappa shape index (κ1) is 24.4. The van der Waals surface area contributed by atoms with Crippen LogP contribution in [0, 0.1) is 13.8 Å². The number of carbonyl (C=O) groups is 1. The van der Waals surface area contributed by atoms with Gasteiger partial charge in [0.2, 0.25) is 0 Å². The molecule has 1 amide bonds. The number of rotatable bonds is 4. The molecule has 1 aliphatic heterocycles. The molecule has 170 valence electrons. The van der Waals surface area contributed by atoms with Gasteiger partial charge in [0.25, 0.3) is 5.91 Å². The lowest BCUT2D eigenvalue weighted by Gasteiger charge is -2.12. The third kappa shape index (κ3) is 4.91. The molecule has 2 aromatic carbocycles. The number of carbonyl (C=O) groups excluding carboxylic acids is 1. The Bertz CT molecular complexity index is 1330. The van der Waals surface area contributed by atoms with Crippen molar-refractivity contribution in [1.82, 2.24) is 9.47 Å².